The summed E-state index contributed by atoms with van der Waals surface area (Å²) >= 11 is 1.74. The number of carboxylic acids is 1. The lowest BCUT2D eigenvalue weighted by Gasteiger charge is -2.05. The van der Waals surface area contributed by atoms with Crippen molar-refractivity contribution in [3.05, 3.63) is 52.2 Å². The Morgan fingerprint density at radius 1 is 1.13 bits per heavy atom. The molecule has 0 aliphatic heterocycles. The highest BCUT2D eigenvalue weighted by Crippen LogP contribution is 2.26. The maximum Gasteiger partial charge on any atom is 0.335 e. The molecule has 1 aromatic heterocycles. The molecule has 3 aromatic rings. The van der Waals surface area contributed by atoms with Gasteiger partial charge in [0.25, 0.3) is 0 Å². The molecule has 3 rings (SSSR count). The van der Waals surface area contributed by atoms with Crippen LogP contribution < -0.4 is 5.43 Å². The summed E-state index contributed by atoms with van der Waals surface area (Å²) in [6.45, 7) is 2.15. The maximum absolute atomic E-state index is 12.6. The molecule has 0 saturated heterocycles. The van der Waals surface area contributed by atoms with E-state index in [2.05, 4.69) is 6.92 Å². The van der Waals surface area contributed by atoms with Gasteiger partial charge in [0, 0.05) is 4.90 Å². The predicted molar refractivity (Wildman–Crippen MR) is 92.6 cm³/mol. The van der Waals surface area contributed by atoms with Crippen LogP contribution in [0.3, 0.4) is 0 Å². The molecule has 5 heteroatoms. The van der Waals surface area contributed by atoms with Gasteiger partial charge in [-0.3, -0.25) is 4.79 Å². The highest BCUT2D eigenvalue weighted by molar-refractivity contribution is 7.99. The van der Waals surface area contributed by atoms with Gasteiger partial charge in [-0.2, -0.15) is 0 Å². The third-order valence-electron chi connectivity index (χ3n) is 3.66. The van der Waals surface area contributed by atoms with Crippen LogP contribution in [0, 0.1) is 0 Å². The zero-order valence-electron chi connectivity index (χ0n) is 12.7. The van der Waals surface area contributed by atoms with E-state index in [4.69, 9.17) is 9.52 Å². The van der Waals surface area contributed by atoms with Crippen molar-refractivity contribution >= 4 is 39.7 Å². The topological polar surface area (TPSA) is 67.5 Å². The van der Waals surface area contributed by atoms with Crippen molar-refractivity contribution in [3.63, 3.8) is 0 Å². The zero-order valence-corrected chi connectivity index (χ0v) is 13.5. The maximum atomic E-state index is 12.6. The number of rotatable bonds is 5. The van der Waals surface area contributed by atoms with Crippen molar-refractivity contribution in [2.45, 2.75) is 24.7 Å². The number of aromatic carboxylic acids is 1. The molecule has 2 aromatic carbocycles. The fourth-order valence-electron chi connectivity index (χ4n) is 2.39. The fourth-order valence-corrected chi connectivity index (χ4v) is 3.42. The summed E-state index contributed by atoms with van der Waals surface area (Å²) in [6, 6.07) is 9.89. The van der Waals surface area contributed by atoms with Crippen LogP contribution in [0.5, 0.6) is 0 Å². The number of benzene rings is 2. The number of carbonyl (C=O) groups is 1. The average Bonchev–Trinajstić information content (AvgIpc) is 2.55. The summed E-state index contributed by atoms with van der Waals surface area (Å²) in [5, 5.41) is 9.82. The first-order chi connectivity index (χ1) is 11.1. The van der Waals surface area contributed by atoms with Gasteiger partial charge in [0.15, 0.2) is 0 Å². The molecule has 23 heavy (non-hydrogen) atoms. The number of fused-ring (bicyclic) bond motifs is 2. The first-order valence-corrected chi connectivity index (χ1v) is 8.45. The Labute approximate surface area is 137 Å². The summed E-state index contributed by atoms with van der Waals surface area (Å²) in [4.78, 5) is 24.7. The number of unbranched alkanes of at least 4 members (excludes halogenated alkanes) is 1. The van der Waals surface area contributed by atoms with Crippen molar-refractivity contribution in [3.8, 4) is 0 Å². The third kappa shape index (κ3) is 3.10. The molecule has 1 N–H and O–H groups in total. The van der Waals surface area contributed by atoms with Gasteiger partial charge < -0.3 is 9.52 Å². The van der Waals surface area contributed by atoms with Crippen molar-refractivity contribution in [2.24, 2.45) is 0 Å². The van der Waals surface area contributed by atoms with Crippen LogP contribution in [-0.4, -0.2) is 16.8 Å². The second-order valence-corrected chi connectivity index (χ2v) is 6.48. The largest absolute Gasteiger partial charge is 0.478 e. The minimum absolute atomic E-state index is 0.0795. The summed E-state index contributed by atoms with van der Waals surface area (Å²) in [7, 11) is 0. The first kappa shape index (κ1) is 15.6. The van der Waals surface area contributed by atoms with E-state index in [0.717, 1.165) is 23.5 Å². The molecule has 0 fully saturated rings. The Kier molecular flexibility index (Phi) is 4.39. The Balaban J connectivity index is 2.12. The van der Waals surface area contributed by atoms with Crippen LogP contribution in [0.25, 0.3) is 21.9 Å². The lowest BCUT2D eigenvalue weighted by molar-refractivity contribution is 0.0697. The Hall–Kier alpha value is -2.27. The minimum atomic E-state index is -1.06. The van der Waals surface area contributed by atoms with Crippen LogP contribution in [0.4, 0.5) is 0 Å². The molecule has 0 aliphatic rings. The number of hydrogen-bond donors (Lipinski definition) is 1. The lowest BCUT2D eigenvalue weighted by atomic mass is 10.1. The monoisotopic (exact) mass is 328 g/mol. The number of hydrogen-bond acceptors (Lipinski definition) is 4. The molecule has 0 radical (unpaired) electrons. The van der Waals surface area contributed by atoms with E-state index >= 15 is 0 Å². The van der Waals surface area contributed by atoms with Crippen LogP contribution in [-0.2, 0) is 0 Å². The molecule has 0 bridgehead atoms. The van der Waals surface area contributed by atoms with Gasteiger partial charge in [-0.25, -0.2) is 4.79 Å². The van der Waals surface area contributed by atoms with Crippen molar-refractivity contribution in [1.29, 1.82) is 0 Å². The smallest absolute Gasteiger partial charge is 0.335 e. The van der Waals surface area contributed by atoms with E-state index in [-0.39, 0.29) is 11.0 Å². The predicted octanol–water partition coefficient (Wildman–Crippen LogP) is 4.54. The highest BCUT2D eigenvalue weighted by Gasteiger charge is 2.11. The second-order valence-electron chi connectivity index (χ2n) is 5.31. The van der Waals surface area contributed by atoms with Gasteiger partial charge >= 0.3 is 5.97 Å². The minimum Gasteiger partial charge on any atom is -0.478 e. The number of thioether (sulfide) groups is 1. The summed E-state index contributed by atoms with van der Waals surface area (Å²) < 4.78 is 5.80. The molecule has 0 atom stereocenters. The van der Waals surface area contributed by atoms with Crippen molar-refractivity contribution in [1.82, 2.24) is 0 Å². The Morgan fingerprint density at radius 3 is 2.70 bits per heavy atom. The van der Waals surface area contributed by atoms with E-state index in [1.54, 1.807) is 17.8 Å². The normalized spacial score (nSPS) is 11.2. The molecule has 0 amide bonds. The molecular weight excluding hydrogens is 312 g/mol. The molecule has 4 nitrogen and oxygen atoms in total. The summed E-state index contributed by atoms with van der Waals surface area (Å²) in [5.74, 6) is -0.0315. The van der Waals surface area contributed by atoms with Gasteiger partial charge in [0.1, 0.15) is 11.2 Å². The van der Waals surface area contributed by atoms with Gasteiger partial charge in [0.2, 0.25) is 5.43 Å². The molecule has 0 unspecified atom stereocenters. The van der Waals surface area contributed by atoms with E-state index in [0.29, 0.717) is 21.9 Å². The average molecular weight is 328 g/mol. The molecule has 0 spiro atoms. The van der Waals surface area contributed by atoms with Crippen molar-refractivity contribution < 1.29 is 14.3 Å². The zero-order chi connectivity index (χ0) is 16.4. The van der Waals surface area contributed by atoms with E-state index in [1.807, 2.05) is 12.1 Å². The van der Waals surface area contributed by atoms with Gasteiger partial charge in [-0.15, -0.1) is 11.8 Å². The Morgan fingerprint density at radius 2 is 1.96 bits per heavy atom. The van der Waals surface area contributed by atoms with E-state index < -0.39 is 5.97 Å². The molecule has 0 saturated carbocycles. The highest BCUT2D eigenvalue weighted by atomic mass is 32.2. The van der Waals surface area contributed by atoms with Crippen LogP contribution in [0.2, 0.25) is 0 Å². The van der Waals surface area contributed by atoms with E-state index in [9.17, 15) is 9.59 Å². The fraction of sp³-hybridized carbons (Fsp3) is 0.222. The summed E-state index contributed by atoms with van der Waals surface area (Å²) in [5.41, 5.74) is 0.820. The van der Waals surface area contributed by atoms with Crippen LogP contribution in [0.1, 0.15) is 30.1 Å². The quantitative estimate of drug-likeness (QED) is 0.423. The lowest BCUT2D eigenvalue weighted by Crippen LogP contribution is -2.04. The van der Waals surface area contributed by atoms with Gasteiger partial charge in [0.05, 0.1) is 16.3 Å². The molecule has 118 valence electrons. The summed E-state index contributed by atoms with van der Waals surface area (Å²) in [6.07, 6.45) is 2.29. The van der Waals surface area contributed by atoms with Gasteiger partial charge in [-0.1, -0.05) is 13.3 Å². The first-order valence-electron chi connectivity index (χ1n) is 7.47. The second kappa shape index (κ2) is 6.46. The SMILES string of the molecule is CCCCSc1ccc2c(=O)c3cc(C(=O)O)ccc3oc2c1. The number of carboxylic acid groups (broad SMARTS) is 1. The third-order valence-corrected chi connectivity index (χ3v) is 4.74. The molecular formula is C18H16O4S. The molecule has 1 heterocycles. The molecule has 0 aliphatic carbocycles. The standard InChI is InChI=1S/C18H16O4S/c1-2-3-8-23-12-5-6-13-16(10-12)22-15-7-4-11(18(20)21)9-14(15)17(13)19/h4-7,9-10H,2-3,8H2,1H3,(H,20,21). The van der Waals surface area contributed by atoms with Crippen LogP contribution >= 0.6 is 11.8 Å². The Bertz CT molecular complexity index is 943. The van der Waals surface area contributed by atoms with E-state index in [1.165, 1.54) is 18.2 Å². The van der Waals surface area contributed by atoms with Crippen LogP contribution in [0.15, 0.2) is 50.5 Å². The van der Waals surface area contributed by atoms with Gasteiger partial charge in [-0.05, 0) is 48.6 Å². The van der Waals surface area contributed by atoms with Crippen molar-refractivity contribution in [2.75, 3.05) is 5.75 Å².